The molecule has 6 aliphatic carbocycles. The SMILES string of the molecule is C[C](C)=[Zr+2]([C]1=CC(C2C3CC4CC(C3)CC2C4)=CC1)[c]1cccc2c1Cc1ccccc1-2.[Cl-].[Cl-]. The Hall–Kier alpha value is -0.747. The van der Waals surface area contributed by atoms with E-state index in [0.29, 0.717) is 0 Å². The molecule has 0 aliphatic heterocycles. The predicted octanol–water partition coefficient (Wildman–Crippen LogP) is 1.01. The van der Waals surface area contributed by atoms with E-state index in [4.69, 9.17) is 0 Å². The van der Waals surface area contributed by atoms with Gasteiger partial charge in [-0.15, -0.1) is 0 Å². The van der Waals surface area contributed by atoms with Crippen LogP contribution in [-0.2, 0) is 27.7 Å². The number of halogens is 2. The van der Waals surface area contributed by atoms with Gasteiger partial charge in [0.2, 0.25) is 0 Å². The van der Waals surface area contributed by atoms with Gasteiger partial charge in [-0.3, -0.25) is 0 Å². The van der Waals surface area contributed by atoms with Crippen LogP contribution in [0.2, 0.25) is 0 Å². The molecule has 176 valence electrons. The summed E-state index contributed by atoms with van der Waals surface area (Å²) in [4.78, 5) is 0. The molecule has 0 saturated heterocycles. The molecule has 6 aliphatic rings. The van der Waals surface area contributed by atoms with E-state index in [1.54, 1.807) is 24.0 Å². The average Bonchev–Trinajstić information content (AvgIpc) is 3.39. The van der Waals surface area contributed by atoms with E-state index in [9.17, 15) is 0 Å². The van der Waals surface area contributed by atoms with Crippen molar-refractivity contribution < 1.29 is 46.1 Å². The van der Waals surface area contributed by atoms with Crippen LogP contribution in [0.25, 0.3) is 11.1 Å². The first-order chi connectivity index (χ1) is 15.7. The van der Waals surface area contributed by atoms with Crippen molar-refractivity contribution in [2.45, 2.75) is 58.8 Å². The predicted molar refractivity (Wildman–Crippen MR) is 132 cm³/mol. The third kappa shape index (κ3) is 3.94. The number of hydrogen-bond donors (Lipinski definition) is 0. The maximum Gasteiger partial charge on any atom is -1.00 e. The van der Waals surface area contributed by atoms with Crippen LogP contribution < -0.4 is 28.1 Å². The Morgan fingerprint density at radius 1 is 0.794 bits per heavy atom. The normalized spacial score (nSPS) is 29.1. The molecule has 0 amide bonds. The van der Waals surface area contributed by atoms with Gasteiger partial charge in [-0.05, 0) is 0 Å². The Balaban J connectivity index is 0.00000120. The van der Waals surface area contributed by atoms with Gasteiger partial charge < -0.3 is 24.8 Å². The van der Waals surface area contributed by atoms with E-state index in [-0.39, 0.29) is 24.8 Å². The van der Waals surface area contributed by atoms with Crippen molar-refractivity contribution >= 4 is 6.48 Å². The minimum atomic E-state index is -2.03. The molecule has 0 atom stereocenters. The summed E-state index contributed by atoms with van der Waals surface area (Å²) >= 11 is -2.03. The average molecular weight is 569 g/mol. The Kier molecular flexibility index (Phi) is 7.05. The van der Waals surface area contributed by atoms with Crippen molar-refractivity contribution in [3.8, 4) is 11.1 Å². The monoisotopic (exact) mass is 566 g/mol. The Morgan fingerprint density at radius 3 is 2.18 bits per heavy atom. The van der Waals surface area contributed by atoms with Crippen molar-refractivity contribution in [1.29, 1.82) is 0 Å². The van der Waals surface area contributed by atoms with Crippen LogP contribution in [0.3, 0.4) is 0 Å². The number of rotatable bonds is 3. The first-order valence-corrected chi connectivity index (χ1v) is 16.6. The molecule has 0 unspecified atom stereocenters. The maximum atomic E-state index is 2.76. The molecule has 3 heteroatoms. The van der Waals surface area contributed by atoms with E-state index in [1.807, 2.05) is 3.28 Å². The van der Waals surface area contributed by atoms with Gasteiger partial charge in [0, 0.05) is 0 Å². The van der Waals surface area contributed by atoms with Crippen LogP contribution in [0.5, 0.6) is 0 Å². The third-order valence-corrected chi connectivity index (χ3v) is 16.8. The molecular weight excluding hydrogens is 534 g/mol. The van der Waals surface area contributed by atoms with Crippen molar-refractivity contribution in [2.24, 2.45) is 29.6 Å². The Bertz CT molecular complexity index is 1190. The van der Waals surface area contributed by atoms with Gasteiger partial charge in [-0.25, -0.2) is 0 Å². The van der Waals surface area contributed by atoms with E-state index in [0.717, 1.165) is 36.0 Å². The van der Waals surface area contributed by atoms with Crippen LogP contribution in [-0.4, -0.2) is 3.21 Å². The first kappa shape index (κ1) is 24.9. The zero-order valence-electron chi connectivity index (χ0n) is 20.3. The second-order valence-corrected chi connectivity index (χ2v) is 18.8. The van der Waals surface area contributed by atoms with Crippen LogP contribution in [0.15, 0.2) is 63.5 Å². The van der Waals surface area contributed by atoms with Crippen LogP contribution in [0.1, 0.15) is 63.5 Å². The molecule has 2 aromatic rings. The Labute approximate surface area is 225 Å². The van der Waals surface area contributed by atoms with Crippen LogP contribution in [0.4, 0.5) is 0 Å². The molecule has 0 nitrogen and oxygen atoms in total. The van der Waals surface area contributed by atoms with Gasteiger partial charge in [0.15, 0.2) is 0 Å². The maximum absolute atomic E-state index is 2.76. The number of hydrogen-bond acceptors (Lipinski definition) is 0. The Morgan fingerprint density at radius 2 is 1.47 bits per heavy atom. The fourth-order valence-electron chi connectivity index (χ4n) is 8.58. The summed E-state index contributed by atoms with van der Waals surface area (Å²) in [6.07, 6.45) is 15.5. The van der Waals surface area contributed by atoms with Gasteiger partial charge in [0.25, 0.3) is 0 Å². The number of fused-ring (bicyclic) bond motifs is 3. The summed E-state index contributed by atoms with van der Waals surface area (Å²) in [5, 5.41) is 0. The van der Waals surface area contributed by atoms with E-state index >= 15 is 0 Å². The summed E-state index contributed by atoms with van der Waals surface area (Å²) in [6, 6.07) is 16.3. The first-order valence-electron chi connectivity index (χ1n) is 12.9. The summed E-state index contributed by atoms with van der Waals surface area (Å²) in [7, 11) is 0. The van der Waals surface area contributed by atoms with Crippen molar-refractivity contribution in [1.82, 2.24) is 0 Å². The quantitative estimate of drug-likeness (QED) is 0.443. The molecule has 8 rings (SSSR count). The summed E-state index contributed by atoms with van der Waals surface area (Å²) in [5.41, 5.74) is 7.95. The summed E-state index contributed by atoms with van der Waals surface area (Å²) < 4.78 is 5.34. The third-order valence-electron chi connectivity index (χ3n) is 9.45. The molecular formula is C31H34Cl2Zr. The smallest absolute Gasteiger partial charge is 1.00 e. The van der Waals surface area contributed by atoms with E-state index in [1.165, 1.54) is 48.8 Å². The van der Waals surface area contributed by atoms with Gasteiger partial charge in [-0.1, -0.05) is 0 Å². The summed E-state index contributed by atoms with van der Waals surface area (Å²) in [5.74, 6) is 5.05. The van der Waals surface area contributed by atoms with Crippen molar-refractivity contribution in [3.05, 3.63) is 74.6 Å². The molecule has 0 heterocycles. The number of allylic oxidation sites excluding steroid dienone is 4. The topological polar surface area (TPSA) is 0 Å². The molecule has 0 spiro atoms. The van der Waals surface area contributed by atoms with Crippen LogP contribution in [0, 0.1) is 29.6 Å². The molecule has 4 saturated carbocycles. The molecule has 4 fully saturated rings. The largest absolute Gasteiger partial charge is 1.00 e. The van der Waals surface area contributed by atoms with Gasteiger partial charge in [-0.2, -0.15) is 0 Å². The minimum absolute atomic E-state index is 0. The second kappa shape index (κ2) is 9.61. The van der Waals surface area contributed by atoms with Gasteiger partial charge in [0.1, 0.15) is 0 Å². The molecule has 4 bridgehead atoms. The fourth-order valence-corrected chi connectivity index (χ4v) is 15.8. The van der Waals surface area contributed by atoms with E-state index < -0.39 is 21.3 Å². The van der Waals surface area contributed by atoms with Crippen molar-refractivity contribution in [2.75, 3.05) is 0 Å². The van der Waals surface area contributed by atoms with E-state index in [2.05, 4.69) is 68.5 Å². The van der Waals surface area contributed by atoms with Crippen molar-refractivity contribution in [3.63, 3.8) is 0 Å². The van der Waals surface area contributed by atoms with Gasteiger partial charge in [0.05, 0.1) is 0 Å². The number of benzene rings is 2. The van der Waals surface area contributed by atoms with Gasteiger partial charge >= 0.3 is 202 Å². The molecule has 0 N–H and O–H groups in total. The van der Waals surface area contributed by atoms with Crippen LogP contribution >= 0.6 is 0 Å². The molecule has 34 heavy (non-hydrogen) atoms. The minimum Gasteiger partial charge on any atom is -1.00 e. The molecule has 2 aromatic carbocycles. The summed E-state index contributed by atoms with van der Waals surface area (Å²) in [6.45, 7) is 4.88. The zero-order valence-corrected chi connectivity index (χ0v) is 24.3. The molecule has 0 aromatic heterocycles. The zero-order chi connectivity index (χ0) is 21.4. The standard InChI is InChI=1S/C15H19.C13H9.C3H6.2ClH.Zr/c1-2-4-12(3-1)15-13-6-10-5-11(8-13)9-14(15)7-10;1-3-7-12-10(5-1)9-11-6-2-4-8-13(11)12;1-3-2;;;/h3-4,10-11,13-15H,1,5-9H2;1-5,7-8H,9H2;1-2H3;2*1H;/q;;;;;+2/p-2. The second-order valence-electron chi connectivity index (χ2n) is 11.6. The fraction of sp³-hybridized carbons (Fsp3) is 0.452. The molecule has 0 radical (unpaired) electrons.